The Labute approximate surface area is 472 Å². The third kappa shape index (κ3) is 13.3. The quantitative estimate of drug-likeness (QED) is 0.0435. The number of nitro benzene ring substituents is 2. The summed E-state index contributed by atoms with van der Waals surface area (Å²) in [6, 6.07) is 25.6. The fraction of sp³-hybridized carbons (Fsp3) is 0.345. The lowest BCUT2D eigenvalue weighted by atomic mass is 10.1. The molecule has 0 saturated heterocycles. The largest absolute Gasteiger partial charge is 0.395 e. The summed E-state index contributed by atoms with van der Waals surface area (Å²) >= 11 is 0. The van der Waals surface area contributed by atoms with E-state index in [1.807, 2.05) is 130 Å². The van der Waals surface area contributed by atoms with Crippen molar-refractivity contribution in [1.82, 2.24) is 49.1 Å². The summed E-state index contributed by atoms with van der Waals surface area (Å²) < 4.78 is 2.06. The van der Waals surface area contributed by atoms with Gasteiger partial charge < -0.3 is 54.7 Å². The van der Waals surface area contributed by atoms with Gasteiger partial charge in [-0.05, 0) is 89.6 Å². The summed E-state index contributed by atoms with van der Waals surface area (Å²) in [6.07, 6.45) is 3.21. The molecule has 0 bridgehead atoms. The number of aromatic amines is 1. The Kier molecular flexibility index (Phi) is 19.8. The van der Waals surface area contributed by atoms with E-state index < -0.39 is 4.92 Å². The zero-order valence-electron chi connectivity index (χ0n) is 46.1. The molecule has 23 heteroatoms. The van der Waals surface area contributed by atoms with Gasteiger partial charge in [0, 0.05) is 131 Å². The Bertz CT molecular complexity index is 3580. The second-order valence-corrected chi connectivity index (χ2v) is 20.0. The maximum atomic E-state index is 13.2. The highest BCUT2D eigenvalue weighted by Gasteiger charge is 2.31. The molecule has 81 heavy (non-hydrogen) atoms. The number of rotatable bonds is 19. The van der Waals surface area contributed by atoms with Gasteiger partial charge in [-0.2, -0.15) is 0 Å². The molecule has 5 heterocycles. The van der Waals surface area contributed by atoms with Gasteiger partial charge in [-0.25, -0.2) is 19.9 Å². The molecule has 4 aromatic heterocycles. The van der Waals surface area contributed by atoms with E-state index in [2.05, 4.69) is 35.1 Å². The summed E-state index contributed by atoms with van der Waals surface area (Å²) in [7, 11) is 15.0. The van der Waals surface area contributed by atoms with Crippen molar-refractivity contribution < 1.29 is 24.5 Å². The van der Waals surface area contributed by atoms with Gasteiger partial charge in [0.05, 0.1) is 39.2 Å². The molecule has 428 valence electrons. The van der Waals surface area contributed by atoms with Gasteiger partial charge in [0.15, 0.2) is 0 Å². The first-order chi connectivity index (χ1) is 37.8. The average Bonchev–Trinajstić information content (AvgIpc) is 3.70. The number of H-pyrrole nitrogens is 1. The van der Waals surface area contributed by atoms with E-state index in [0.29, 0.717) is 83.2 Å². The van der Waals surface area contributed by atoms with Crippen LogP contribution in [0, 0.1) is 34.1 Å². The number of fused-ring (bicyclic) bond motifs is 4. The van der Waals surface area contributed by atoms with Gasteiger partial charge in [-0.15, -0.1) is 0 Å². The van der Waals surface area contributed by atoms with Crippen LogP contribution in [0.3, 0.4) is 0 Å². The van der Waals surface area contributed by atoms with E-state index in [1.165, 1.54) is 17.0 Å². The number of hydrogen-bond acceptors (Lipinski definition) is 17. The van der Waals surface area contributed by atoms with Crippen LogP contribution in [0.5, 0.6) is 0 Å². The molecular weight excluding hydrogens is 1030 g/mol. The van der Waals surface area contributed by atoms with Gasteiger partial charge in [0.2, 0.25) is 11.9 Å². The number of aliphatic hydroxyl groups is 1. The number of aromatic nitrogens is 6. The van der Waals surface area contributed by atoms with E-state index >= 15 is 0 Å². The van der Waals surface area contributed by atoms with E-state index in [0.717, 1.165) is 51.6 Å². The molecule has 0 spiro atoms. The zero-order valence-corrected chi connectivity index (χ0v) is 46.1. The molecule has 0 radical (unpaired) electrons. The zero-order chi connectivity index (χ0) is 56.8. The first-order valence-electron chi connectivity index (χ1n) is 25.6. The molecular formula is C58H74N16O7. The maximum absolute atomic E-state index is 13.2. The van der Waals surface area contributed by atoms with Crippen LogP contribution in [0.15, 0.2) is 97.3 Å². The summed E-state index contributed by atoms with van der Waals surface area (Å²) in [5.74, 6) is 0.185. The first kappa shape index (κ1) is 61.2. The molecule has 0 aliphatic carbocycles. The standard InChI is InChI=1S/C28H34N8O4.C28H32N8O3.2CH4/c1-18-16-23(34(4)13-12-33(2)3)24(36(39)40)17-22(18)32-28-29-11-10-21(31-28)25-19-8-6-7-9-20(19)30-26(25)27(38)35(5)14-15-37;1-18-16-23(33(4)13-12-32(2)3)24(36(38)39)17-21(18)31-28-29-11-10-20(30-28)25-19-8-6-7-9-22(19)35-15-14-34(5)27(37)26(25)35;;/h6-11,16-17,30,37H,12-15H2,1-5H3,(H,29,31,32);6-11,16-17H,12-15H2,1-5H3,(H,29,30,31);2*1H4. The number of likely N-dealkylation sites (N-methyl/N-ethyl adjacent to an activating group) is 6. The van der Waals surface area contributed by atoms with E-state index in [1.54, 1.807) is 49.6 Å². The molecule has 0 fully saturated rings. The highest BCUT2D eigenvalue weighted by atomic mass is 16.6. The Morgan fingerprint density at radius 3 is 1.68 bits per heavy atom. The number of para-hydroxylation sites is 2. The topological polar surface area (TPSA) is 256 Å². The van der Waals surface area contributed by atoms with Crippen molar-refractivity contribution >= 4 is 79.6 Å². The van der Waals surface area contributed by atoms with Crippen molar-refractivity contribution in [2.45, 2.75) is 35.2 Å². The number of benzene rings is 4. The SMILES string of the molecule is C.C.Cc1cc(N(C)CCN(C)C)c([N+](=O)[O-])cc1Nc1nccc(-c2c(C(=O)N(C)CCO)[nH]c3ccccc23)n1.Cc1cc(N(C)CCN(C)C)c([N+](=O)[O-])cc1Nc1nccc(-c2c3n(c4ccccc24)CCN(C)C3=O)n1. The highest BCUT2D eigenvalue weighted by Crippen LogP contribution is 2.39. The fourth-order valence-corrected chi connectivity index (χ4v) is 9.39. The van der Waals surface area contributed by atoms with Crippen LogP contribution >= 0.6 is 0 Å². The number of nitrogens with zero attached hydrogens (tertiary/aromatic N) is 13. The minimum Gasteiger partial charge on any atom is -0.395 e. The Balaban J connectivity index is 0.000000255. The predicted octanol–water partition coefficient (Wildman–Crippen LogP) is 9.06. The van der Waals surface area contributed by atoms with E-state index in [9.17, 15) is 34.9 Å². The average molecular weight is 1110 g/mol. The fourth-order valence-electron chi connectivity index (χ4n) is 9.39. The minimum absolute atomic E-state index is 0. The Hall–Kier alpha value is -9.06. The van der Waals surface area contributed by atoms with Crippen LogP contribution < -0.4 is 20.4 Å². The summed E-state index contributed by atoms with van der Waals surface area (Å²) in [6.45, 7) is 7.92. The number of nitro groups is 2. The number of aliphatic hydroxyl groups excluding tert-OH is 1. The van der Waals surface area contributed by atoms with E-state index in [-0.39, 0.29) is 62.1 Å². The normalized spacial score (nSPS) is 11.9. The van der Waals surface area contributed by atoms with Crippen LogP contribution in [0.25, 0.3) is 44.3 Å². The molecule has 23 nitrogen and oxygen atoms in total. The van der Waals surface area contributed by atoms with Crippen LogP contribution in [0.2, 0.25) is 0 Å². The smallest absolute Gasteiger partial charge is 0.294 e. The molecule has 1 aliphatic heterocycles. The van der Waals surface area contributed by atoms with Crippen LogP contribution in [0.1, 0.15) is 47.0 Å². The molecule has 2 amide bonds. The molecule has 1 aliphatic rings. The monoisotopic (exact) mass is 1110 g/mol. The van der Waals surface area contributed by atoms with Gasteiger partial charge in [0.25, 0.3) is 23.2 Å². The Morgan fingerprint density at radius 1 is 0.679 bits per heavy atom. The predicted molar refractivity (Wildman–Crippen MR) is 323 cm³/mol. The first-order valence-corrected chi connectivity index (χ1v) is 25.6. The summed E-state index contributed by atoms with van der Waals surface area (Å²) in [5.41, 5.74) is 8.89. The van der Waals surface area contributed by atoms with Gasteiger partial charge in [-0.1, -0.05) is 51.3 Å². The van der Waals surface area contributed by atoms with Crippen LogP contribution in [-0.2, 0) is 6.54 Å². The third-order valence-electron chi connectivity index (χ3n) is 13.8. The van der Waals surface area contributed by atoms with Crippen LogP contribution in [0.4, 0.5) is 46.0 Å². The lowest BCUT2D eigenvalue weighted by molar-refractivity contribution is -0.384. The number of aryl methyl sites for hydroxylation is 2. The second kappa shape index (κ2) is 26.3. The number of carbonyl (C=O) groups is 2. The van der Waals surface area contributed by atoms with E-state index in [4.69, 9.17) is 4.98 Å². The minimum atomic E-state index is -0.393. The summed E-state index contributed by atoms with van der Waals surface area (Å²) in [4.78, 5) is 82.0. The Morgan fingerprint density at radius 2 is 1.17 bits per heavy atom. The number of amides is 2. The van der Waals surface area contributed by atoms with Crippen molar-refractivity contribution in [2.24, 2.45) is 0 Å². The van der Waals surface area contributed by atoms with Gasteiger partial charge >= 0.3 is 0 Å². The third-order valence-corrected chi connectivity index (χ3v) is 13.8. The molecule has 0 unspecified atom stereocenters. The number of anilines is 6. The molecule has 4 N–H and O–H groups in total. The van der Waals surface area contributed by atoms with Crippen molar-refractivity contribution in [1.29, 1.82) is 0 Å². The molecule has 9 rings (SSSR count). The maximum Gasteiger partial charge on any atom is 0.294 e. The molecule has 4 aromatic carbocycles. The second-order valence-electron chi connectivity index (χ2n) is 20.0. The van der Waals surface area contributed by atoms with Crippen molar-refractivity contribution in [3.8, 4) is 22.5 Å². The molecule has 8 aromatic rings. The number of nitrogens with one attached hydrogen (secondary N) is 3. The lowest BCUT2D eigenvalue weighted by Crippen LogP contribution is -2.37. The van der Waals surface area contributed by atoms with Gasteiger partial charge in [0.1, 0.15) is 22.8 Å². The molecule has 0 atom stereocenters. The van der Waals surface area contributed by atoms with Gasteiger partial charge in [-0.3, -0.25) is 29.8 Å². The van der Waals surface area contributed by atoms with Crippen LogP contribution in [-0.4, -0.2) is 178 Å². The summed E-state index contributed by atoms with van der Waals surface area (Å²) in [5, 5.41) is 41.3. The molecule has 0 saturated carbocycles. The highest BCUT2D eigenvalue weighted by molar-refractivity contribution is 6.11. The van der Waals surface area contributed by atoms with Crippen molar-refractivity contribution in [2.75, 3.05) is 123 Å². The van der Waals surface area contributed by atoms with Crippen molar-refractivity contribution in [3.05, 3.63) is 140 Å². The van der Waals surface area contributed by atoms with Crippen molar-refractivity contribution in [3.63, 3.8) is 0 Å². The number of carbonyl (C=O) groups excluding carboxylic acids is 2. The number of hydrogen-bond donors (Lipinski definition) is 4. The lowest BCUT2D eigenvalue weighted by Gasteiger charge is -2.25.